The molecular formula is C20H20FN3O3. The van der Waals surface area contributed by atoms with Gasteiger partial charge in [-0.2, -0.15) is 0 Å². The Morgan fingerprint density at radius 1 is 1.37 bits per heavy atom. The first-order chi connectivity index (χ1) is 13.1. The second-order valence-corrected chi connectivity index (χ2v) is 6.80. The van der Waals surface area contributed by atoms with Crippen molar-refractivity contribution in [3.8, 4) is 0 Å². The van der Waals surface area contributed by atoms with Crippen molar-refractivity contribution in [2.45, 2.75) is 32.4 Å². The van der Waals surface area contributed by atoms with Gasteiger partial charge in [-0.1, -0.05) is 17.3 Å². The minimum Gasteiger partial charge on any atom is -0.376 e. The zero-order valence-electron chi connectivity index (χ0n) is 15.0. The number of carbonyl (C=O) groups excluding carboxylic acids is 1. The minimum atomic E-state index is -0.319. The van der Waals surface area contributed by atoms with E-state index in [0.29, 0.717) is 42.1 Å². The van der Waals surface area contributed by atoms with Gasteiger partial charge in [0.05, 0.1) is 22.7 Å². The van der Waals surface area contributed by atoms with E-state index in [1.165, 1.54) is 18.3 Å². The van der Waals surface area contributed by atoms with Gasteiger partial charge in [0.2, 0.25) is 0 Å². The molecule has 1 aliphatic heterocycles. The lowest BCUT2D eigenvalue weighted by atomic mass is 10.1. The number of aryl methyl sites for hydroxylation is 1. The highest BCUT2D eigenvalue weighted by Crippen LogP contribution is 2.21. The molecule has 27 heavy (non-hydrogen) atoms. The van der Waals surface area contributed by atoms with E-state index in [1.54, 1.807) is 24.0 Å². The van der Waals surface area contributed by atoms with Crippen LogP contribution in [-0.2, 0) is 11.3 Å². The average Bonchev–Trinajstić information content (AvgIpc) is 3.30. The maximum Gasteiger partial charge on any atom is 0.257 e. The van der Waals surface area contributed by atoms with Crippen molar-refractivity contribution < 1.29 is 18.4 Å². The number of nitrogens with zero attached hydrogens (tertiary/aromatic N) is 3. The van der Waals surface area contributed by atoms with Crippen LogP contribution in [0.4, 0.5) is 4.39 Å². The smallest absolute Gasteiger partial charge is 0.257 e. The second kappa shape index (κ2) is 7.44. The molecule has 1 saturated heterocycles. The van der Waals surface area contributed by atoms with Crippen LogP contribution in [0, 0.1) is 12.7 Å². The third-order valence-electron chi connectivity index (χ3n) is 4.75. The molecule has 3 aromatic rings. The molecule has 1 atom stereocenters. The Balaban J connectivity index is 1.62. The fourth-order valence-corrected chi connectivity index (χ4v) is 3.35. The molecule has 7 heteroatoms. The van der Waals surface area contributed by atoms with Gasteiger partial charge in [-0.05, 0) is 43.5 Å². The first-order valence-electron chi connectivity index (χ1n) is 8.97. The number of hydrogen-bond donors (Lipinski definition) is 0. The van der Waals surface area contributed by atoms with Crippen molar-refractivity contribution in [1.29, 1.82) is 0 Å². The summed E-state index contributed by atoms with van der Waals surface area (Å²) in [6, 6.07) is 8.03. The molecule has 1 amide bonds. The van der Waals surface area contributed by atoms with Gasteiger partial charge >= 0.3 is 0 Å². The average molecular weight is 369 g/mol. The van der Waals surface area contributed by atoms with Crippen LogP contribution in [0.15, 0.2) is 41.1 Å². The Hall–Kier alpha value is -2.80. The van der Waals surface area contributed by atoms with Crippen LogP contribution >= 0.6 is 0 Å². The van der Waals surface area contributed by atoms with Gasteiger partial charge in [0.1, 0.15) is 5.82 Å². The Bertz CT molecular complexity index is 966. The predicted octanol–water partition coefficient (Wildman–Crippen LogP) is 3.49. The van der Waals surface area contributed by atoms with Crippen molar-refractivity contribution in [2.24, 2.45) is 0 Å². The number of hydrogen-bond acceptors (Lipinski definition) is 5. The van der Waals surface area contributed by atoms with E-state index in [4.69, 9.17) is 9.26 Å². The van der Waals surface area contributed by atoms with Crippen molar-refractivity contribution in [1.82, 2.24) is 15.0 Å². The van der Waals surface area contributed by atoms with E-state index in [0.717, 1.165) is 18.4 Å². The molecule has 1 aliphatic rings. The fourth-order valence-electron chi connectivity index (χ4n) is 3.35. The lowest BCUT2D eigenvalue weighted by molar-refractivity contribution is 0.0507. The summed E-state index contributed by atoms with van der Waals surface area (Å²) in [6.45, 7) is 3.27. The first kappa shape index (κ1) is 17.6. The Kier molecular flexibility index (Phi) is 4.85. The van der Waals surface area contributed by atoms with E-state index in [1.807, 2.05) is 6.07 Å². The topological polar surface area (TPSA) is 68.5 Å². The molecule has 0 N–H and O–H groups in total. The van der Waals surface area contributed by atoms with Gasteiger partial charge in [0, 0.05) is 25.9 Å². The van der Waals surface area contributed by atoms with E-state index in [9.17, 15) is 9.18 Å². The van der Waals surface area contributed by atoms with Crippen LogP contribution in [0.2, 0.25) is 0 Å². The molecule has 1 fully saturated rings. The van der Waals surface area contributed by atoms with Crippen LogP contribution in [-0.4, -0.2) is 40.2 Å². The van der Waals surface area contributed by atoms with Crippen molar-refractivity contribution in [3.05, 3.63) is 59.2 Å². The summed E-state index contributed by atoms with van der Waals surface area (Å²) in [7, 11) is 0. The Morgan fingerprint density at radius 3 is 3.04 bits per heavy atom. The summed E-state index contributed by atoms with van der Waals surface area (Å²) in [4.78, 5) is 19.1. The lowest BCUT2D eigenvalue weighted by Gasteiger charge is -2.25. The Labute approximate surface area is 155 Å². The number of amides is 1. The summed E-state index contributed by atoms with van der Waals surface area (Å²) >= 11 is 0. The maximum absolute atomic E-state index is 13.6. The molecule has 0 bridgehead atoms. The molecule has 1 aromatic carbocycles. The predicted molar refractivity (Wildman–Crippen MR) is 96.7 cm³/mol. The minimum absolute atomic E-state index is 0.00322. The molecule has 0 radical (unpaired) electrons. The SMILES string of the molecule is Cc1noc2ncc(C(=O)N(Cc3cccc(F)c3)C[C@@H]3CCCO3)cc12. The molecule has 140 valence electrons. The third-order valence-corrected chi connectivity index (χ3v) is 4.75. The van der Waals surface area contributed by atoms with Gasteiger partial charge < -0.3 is 14.2 Å². The molecule has 0 aliphatic carbocycles. The van der Waals surface area contributed by atoms with Crippen molar-refractivity contribution >= 4 is 17.0 Å². The van der Waals surface area contributed by atoms with E-state index < -0.39 is 0 Å². The number of rotatable bonds is 5. The van der Waals surface area contributed by atoms with E-state index >= 15 is 0 Å². The van der Waals surface area contributed by atoms with Crippen LogP contribution in [0.3, 0.4) is 0 Å². The normalized spacial score (nSPS) is 16.7. The van der Waals surface area contributed by atoms with Gasteiger partial charge in [0.25, 0.3) is 11.6 Å². The van der Waals surface area contributed by atoms with Crippen LogP contribution in [0.1, 0.15) is 34.5 Å². The van der Waals surface area contributed by atoms with Gasteiger partial charge in [-0.15, -0.1) is 0 Å². The molecule has 0 spiro atoms. The van der Waals surface area contributed by atoms with Gasteiger partial charge in [-0.25, -0.2) is 9.37 Å². The van der Waals surface area contributed by atoms with Crippen LogP contribution in [0.25, 0.3) is 11.1 Å². The zero-order valence-corrected chi connectivity index (χ0v) is 15.0. The molecule has 4 rings (SSSR count). The Morgan fingerprint density at radius 2 is 2.26 bits per heavy atom. The standard InChI is InChI=1S/C20H20FN3O3/c1-13-18-9-15(10-22-19(18)27-23-13)20(25)24(12-17-6-3-7-26-17)11-14-4-2-5-16(21)8-14/h2,4-5,8-10,17H,3,6-7,11-12H2,1H3/t17-/m0/s1. The summed E-state index contributed by atoms with van der Waals surface area (Å²) < 4.78 is 24.4. The largest absolute Gasteiger partial charge is 0.376 e. The molecular weight excluding hydrogens is 349 g/mol. The first-order valence-corrected chi connectivity index (χ1v) is 8.97. The summed E-state index contributed by atoms with van der Waals surface area (Å²) in [5.41, 5.74) is 2.27. The maximum atomic E-state index is 13.6. The van der Waals surface area contributed by atoms with Crippen molar-refractivity contribution in [2.75, 3.05) is 13.2 Å². The monoisotopic (exact) mass is 369 g/mol. The van der Waals surface area contributed by atoms with Crippen LogP contribution in [0.5, 0.6) is 0 Å². The third kappa shape index (κ3) is 3.83. The van der Waals surface area contributed by atoms with E-state index in [-0.39, 0.29) is 17.8 Å². The number of fused-ring (bicyclic) bond motifs is 1. The highest BCUT2D eigenvalue weighted by molar-refractivity contribution is 5.97. The quantitative estimate of drug-likeness (QED) is 0.689. The number of carbonyl (C=O) groups is 1. The summed E-state index contributed by atoms with van der Waals surface area (Å²) in [6.07, 6.45) is 3.38. The number of halogens is 1. The van der Waals surface area contributed by atoms with Crippen LogP contribution < -0.4 is 0 Å². The number of benzene rings is 1. The molecule has 0 unspecified atom stereocenters. The zero-order chi connectivity index (χ0) is 18.8. The second-order valence-electron chi connectivity index (χ2n) is 6.80. The highest BCUT2D eigenvalue weighted by Gasteiger charge is 2.24. The lowest BCUT2D eigenvalue weighted by Crippen LogP contribution is -2.37. The molecule has 2 aromatic heterocycles. The fraction of sp³-hybridized carbons (Fsp3) is 0.350. The summed E-state index contributed by atoms with van der Waals surface area (Å²) in [5.74, 6) is -0.495. The van der Waals surface area contributed by atoms with E-state index in [2.05, 4.69) is 10.1 Å². The number of pyridine rings is 1. The summed E-state index contributed by atoms with van der Waals surface area (Å²) in [5, 5.41) is 4.59. The van der Waals surface area contributed by atoms with Gasteiger partial charge in [-0.3, -0.25) is 4.79 Å². The molecule has 0 saturated carbocycles. The highest BCUT2D eigenvalue weighted by atomic mass is 19.1. The molecule has 6 nitrogen and oxygen atoms in total. The van der Waals surface area contributed by atoms with Gasteiger partial charge in [0.15, 0.2) is 0 Å². The number of ether oxygens (including phenoxy) is 1. The number of aromatic nitrogens is 2. The molecule has 3 heterocycles. The van der Waals surface area contributed by atoms with Crippen molar-refractivity contribution in [3.63, 3.8) is 0 Å².